The van der Waals surface area contributed by atoms with Crippen molar-refractivity contribution in [2.24, 2.45) is 5.92 Å². The highest BCUT2D eigenvalue weighted by Gasteiger charge is 2.25. The van der Waals surface area contributed by atoms with Gasteiger partial charge in [0, 0.05) is 44.7 Å². The van der Waals surface area contributed by atoms with Crippen molar-refractivity contribution >= 4 is 38.8 Å². The summed E-state index contributed by atoms with van der Waals surface area (Å²) in [7, 11) is 0. The number of nitrogens with zero attached hydrogens (tertiary/aromatic N) is 2. The van der Waals surface area contributed by atoms with Gasteiger partial charge in [-0.05, 0) is 126 Å². The fourth-order valence-electron chi connectivity index (χ4n) is 9.74. The van der Waals surface area contributed by atoms with E-state index in [1.54, 1.807) is 0 Å². The van der Waals surface area contributed by atoms with E-state index >= 15 is 0 Å². The Hall–Kier alpha value is -6.90. The monoisotopic (exact) mass is 744 g/mol. The van der Waals surface area contributed by atoms with E-state index in [1.165, 1.54) is 106 Å². The summed E-state index contributed by atoms with van der Waals surface area (Å²) in [6, 6.07) is 60.4. The van der Waals surface area contributed by atoms with Crippen LogP contribution >= 0.6 is 0 Å². The predicted octanol–water partition coefficient (Wildman–Crippen LogP) is 14.9. The second-order valence-electron chi connectivity index (χ2n) is 16.1. The zero-order valence-electron chi connectivity index (χ0n) is 33.0. The molecule has 9 aromatic rings. The lowest BCUT2D eigenvalue weighted by Crippen LogP contribution is -2.14. The van der Waals surface area contributed by atoms with E-state index in [1.807, 2.05) is 0 Å². The van der Waals surface area contributed by atoms with Crippen LogP contribution in [0.15, 0.2) is 193 Å². The van der Waals surface area contributed by atoms with Gasteiger partial charge >= 0.3 is 0 Å². The number of hydrogen-bond donors (Lipinski definition) is 0. The van der Waals surface area contributed by atoms with Gasteiger partial charge in [-0.1, -0.05) is 145 Å². The Morgan fingerprint density at radius 1 is 0.483 bits per heavy atom. The lowest BCUT2D eigenvalue weighted by molar-refractivity contribution is 0.709. The molecule has 2 nitrogen and oxygen atoms in total. The van der Waals surface area contributed by atoms with Gasteiger partial charge < -0.3 is 9.13 Å². The highest BCUT2D eigenvalue weighted by atomic mass is 15.0. The second kappa shape index (κ2) is 13.9. The smallest absolute Gasteiger partial charge is 0.0547 e. The first-order chi connectivity index (χ1) is 28.6. The molecule has 0 saturated heterocycles. The average Bonchev–Trinajstić information content (AvgIpc) is 3.79. The molecule has 2 aliphatic carbocycles. The maximum atomic E-state index is 2.51. The van der Waals surface area contributed by atoms with Crippen LogP contribution in [0.1, 0.15) is 36.6 Å². The van der Waals surface area contributed by atoms with Crippen LogP contribution in [-0.2, 0) is 6.42 Å². The van der Waals surface area contributed by atoms with Gasteiger partial charge in [-0.2, -0.15) is 0 Å². The Labute approximate surface area is 340 Å². The van der Waals surface area contributed by atoms with Crippen LogP contribution in [0.5, 0.6) is 0 Å². The number of benzene rings is 7. The van der Waals surface area contributed by atoms with Crippen LogP contribution in [0.4, 0.5) is 0 Å². The number of aryl methyl sites for hydroxylation is 1. The molecule has 58 heavy (non-hydrogen) atoms. The van der Waals surface area contributed by atoms with Crippen LogP contribution in [0, 0.1) is 12.8 Å². The predicted molar refractivity (Wildman–Crippen MR) is 246 cm³/mol. The summed E-state index contributed by atoms with van der Waals surface area (Å²) in [6.45, 7) is 4.51. The molecule has 2 aromatic heterocycles. The molecule has 11 rings (SSSR count). The number of rotatable bonds is 6. The standard InChI is InChI=1S/C56H44N2/c1-37-12-3-5-16-47(37)43-26-32-51-49-18-7-9-20-53(49)57(55(51)35-43)45-28-22-39(23-29-45)41-14-11-15-42(34-41)40-24-30-46(31-25-40)58-54-21-10-8-19-50(54)52-33-27-44(36-56(52)58)48-17-6-4-13-38(48)2/h3,5-12,14-35,44H,4,13,36H2,1-2H3. The number of fused-ring (bicyclic) bond motifs is 6. The maximum absolute atomic E-state index is 2.51. The Bertz CT molecular complexity index is 3140. The summed E-state index contributed by atoms with van der Waals surface area (Å²) in [5.74, 6) is 0.405. The van der Waals surface area contributed by atoms with E-state index in [-0.39, 0.29) is 0 Å². The SMILES string of the molecule is CC1=C(C2C=Cc3c(n(-c4ccc(-c5cccc(-c6ccc(-n7c8ccccc8c8ccc(-c9ccccc9C)cc87)cc6)c5)cc4)c4ccccc34)C2)C=CCC1. The van der Waals surface area contributed by atoms with Crippen LogP contribution < -0.4 is 0 Å². The highest BCUT2D eigenvalue weighted by Crippen LogP contribution is 2.40. The van der Waals surface area contributed by atoms with E-state index in [0.717, 1.165) is 18.5 Å². The zero-order valence-corrected chi connectivity index (χ0v) is 33.0. The normalized spacial score (nSPS) is 15.2. The van der Waals surface area contributed by atoms with Crippen LogP contribution in [0.25, 0.3) is 83.5 Å². The Kier molecular flexibility index (Phi) is 8.25. The van der Waals surface area contributed by atoms with Crippen molar-refractivity contribution in [3.63, 3.8) is 0 Å². The minimum atomic E-state index is 0.405. The molecule has 0 saturated carbocycles. The lowest BCUT2D eigenvalue weighted by Gasteiger charge is -2.24. The number of hydrogen-bond acceptors (Lipinski definition) is 0. The van der Waals surface area contributed by atoms with Gasteiger partial charge in [-0.3, -0.25) is 0 Å². The number of para-hydroxylation sites is 2. The van der Waals surface area contributed by atoms with Crippen molar-refractivity contribution in [2.45, 2.75) is 33.1 Å². The molecule has 0 fully saturated rings. The molecule has 0 radical (unpaired) electrons. The highest BCUT2D eigenvalue weighted by molar-refractivity contribution is 6.10. The van der Waals surface area contributed by atoms with E-state index in [0.29, 0.717) is 5.92 Å². The molecule has 1 unspecified atom stereocenters. The van der Waals surface area contributed by atoms with Crippen molar-refractivity contribution in [2.75, 3.05) is 0 Å². The van der Waals surface area contributed by atoms with Crippen molar-refractivity contribution in [1.29, 1.82) is 0 Å². The van der Waals surface area contributed by atoms with Crippen LogP contribution in [-0.4, -0.2) is 9.13 Å². The largest absolute Gasteiger partial charge is 0.313 e. The lowest BCUT2D eigenvalue weighted by atomic mass is 9.82. The summed E-state index contributed by atoms with van der Waals surface area (Å²) in [5.41, 5.74) is 20.5. The van der Waals surface area contributed by atoms with Gasteiger partial charge in [0.1, 0.15) is 0 Å². The Morgan fingerprint density at radius 2 is 1.10 bits per heavy atom. The molecule has 0 amide bonds. The van der Waals surface area contributed by atoms with Crippen molar-refractivity contribution in [3.05, 3.63) is 210 Å². The molecule has 0 spiro atoms. The van der Waals surface area contributed by atoms with Crippen LogP contribution in [0.3, 0.4) is 0 Å². The summed E-state index contributed by atoms with van der Waals surface area (Å²) < 4.78 is 4.92. The van der Waals surface area contributed by atoms with E-state index in [9.17, 15) is 0 Å². The van der Waals surface area contributed by atoms with E-state index in [4.69, 9.17) is 0 Å². The van der Waals surface area contributed by atoms with Crippen molar-refractivity contribution in [1.82, 2.24) is 9.13 Å². The minimum Gasteiger partial charge on any atom is -0.313 e. The number of allylic oxidation sites excluding steroid dienone is 5. The molecule has 2 aliphatic rings. The Balaban J connectivity index is 0.916. The third kappa shape index (κ3) is 5.71. The molecular formula is C56H44N2. The molecule has 2 heterocycles. The molecule has 7 aromatic carbocycles. The van der Waals surface area contributed by atoms with Crippen molar-refractivity contribution in [3.8, 4) is 44.8 Å². The summed E-state index contributed by atoms with van der Waals surface area (Å²) in [5, 5.41) is 3.86. The van der Waals surface area contributed by atoms with Gasteiger partial charge in [0.25, 0.3) is 0 Å². The molecule has 1 atom stereocenters. The first-order valence-corrected chi connectivity index (χ1v) is 20.7. The minimum absolute atomic E-state index is 0.405. The molecular weight excluding hydrogens is 701 g/mol. The zero-order chi connectivity index (χ0) is 38.7. The summed E-state index contributed by atoms with van der Waals surface area (Å²) >= 11 is 0. The summed E-state index contributed by atoms with van der Waals surface area (Å²) in [6.07, 6.45) is 12.9. The summed E-state index contributed by atoms with van der Waals surface area (Å²) in [4.78, 5) is 0. The average molecular weight is 745 g/mol. The first-order valence-electron chi connectivity index (χ1n) is 20.7. The maximum Gasteiger partial charge on any atom is 0.0547 e. The second-order valence-corrected chi connectivity index (χ2v) is 16.1. The fraction of sp³-hybridized carbons (Fsp3) is 0.107. The fourth-order valence-corrected chi connectivity index (χ4v) is 9.74. The topological polar surface area (TPSA) is 9.86 Å². The van der Waals surface area contributed by atoms with Gasteiger partial charge in [0.05, 0.1) is 16.6 Å². The van der Waals surface area contributed by atoms with E-state index in [2.05, 4.69) is 211 Å². The molecule has 2 heteroatoms. The third-order valence-electron chi connectivity index (χ3n) is 12.7. The van der Waals surface area contributed by atoms with Gasteiger partial charge in [0.15, 0.2) is 0 Å². The van der Waals surface area contributed by atoms with Crippen molar-refractivity contribution < 1.29 is 0 Å². The van der Waals surface area contributed by atoms with Crippen LogP contribution in [0.2, 0.25) is 0 Å². The van der Waals surface area contributed by atoms with Gasteiger partial charge in [-0.15, -0.1) is 0 Å². The van der Waals surface area contributed by atoms with E-state index < -0.39 is 0 Å². The molecule has 278 valence electrons. The Morgan fingerprint density at radius 3 is 1.83 bits per heavy atom. The van der Waals surface area contributed by atoms with Gasteiger partial charge in [0.2, 0.25) is 0 Å². The first kappa shape index (κ1) is 34.4. The third-order valence-corrected chi connectivity index (χ3v) is 12.7. The molecule has 0 N–H and O–H groups in total. The quantitative estimate of drug-likeness (QED) is 0.160. The molecule has 0 bridgehead atoms. The molecule has 0 aliphatic heterocycles. The van der Waals surface area contributed by atoms with Gasteiger partial charge in [-0.25, -0.2) is 0 Å². The number of aromatic nitrogens is 2.